The summed E-state index contributed by atoms with van der Waals surface area (Å²) in [6.07, 6.45) is 15.9. The summed E-state index contributed by atoms with van der Waals surface area (Å²) in [6.45, 7) is 4.15. The van der Waals surface area contributed by atoms with Gasteiger partial charge in [0, 0.05) is 0 Å². The van der Waals surface area contributed by atoms with E-state index in [9.17, 15) is 21.6 Å². The van der Waals surface area contributed by atoms with Crippen LogP contribution in [0.5, 0.6) is 0 Å². The number of halogens is 3. The van der Waals surface area contributed by atoms with Gasteiger partial charge in [0.1, 0.15) is 0 Å². The van der Waals surface area contributed by atoms with Gasteiger partial charge in [-0.15, -0.1) is 0 Å². The van der Waals surface area contributed by atoms with E-state index in [0.717, 1.165) is 25.2 Å². The van der Waals surface area contributed by atoms with Crippen LogP contribution in [0.1, 0.15) is 104 Å². The zero-order valence-corrected chi connectivity index (χ0v) is 17.3. The summed E-state index contributed by atoms with van der Waals surface area (Å²) in [7, 11) is -5.42. The molecule has 0 fully saturated rings. The van der Waals surface area contributed by atoms with Gasteiger partial charge in [0.25, 0.3) is 0 Å². The molecular formula is C19H37F3O3S. The second-order valence-corrected chi connectivity index (χ2v) is 9.11. The first-order valence-corrected chi connectivity index (χ1v) is 11.5. The molecule has 0 atom stereocenters. The standard InChI is InChI=1S/C19H37F3O3S/c1-18(2)16-14-12-10-8-6-4-3-5-7-9-11-13-15-17-25-26(23,24)19(20,21)22/h18H,3-17H2,1-2H3. The summed E-state index contributed by atoms with van der Waals surface area (Å²) in [4.78, 5) is 0. The molecule has 0 aliphatic rings. The van der Waals surface area contributed by atoms with Crippen molar-refractivity contribution in [3.8, 4) is 0 Å². The van der Waals surface area contributed by atoms with E-state index in [1.165, 1.54) is 57.8 Å². The molecule has 0 aromatic heterocycles. The van der Waals surface area contributed by atoms with Gasteiger partial charge in [-0.3, -0.25) is 4.18 Å². The molecule has 26 heavy (non-hydrogen) atoms. The van der Waals surface area contributed by atoms with Crippen molar-refractivity contribution in [2.45, 2.75) is 109 Å². The number of hydrogen-bond acceptors (Lipinski definition) is 3. The van der Waals surface area contributed by atoms with Crippen molar-refractivity contribution in [2.75, 3.05) is 6.61 Å². The summed E-state index contributed by atoms with van der Waals surface area (Å²) in [6, 6.07) is 0. The Balaban J connectivity index is 3.25. The number of hydrogen-bond donors (Lipinski definition) is 0. The van der Waals surface area contributed by atoms with Crippen LogP contribution in [-0.4, -0.2) is 20.5 Å². The molecule has 0 spiro atoms. The molecule has 0 amide bonds. The lowest BCUT2D eigenvalue weighted by Gasteiger charge is -2.08. The van der Waals surface area contributed by atoms with E-state index in [2.05, 4.69) is 18.0 Å². The highest BCUT2D eigenvalue weighted by Crippen LogP contribution is 2.24. The normalized spacial score (nSPS) is 12.8. The maximum atomic E-state index is 12.0. The molecule has 7 heteroatoms. The molecule has 0 heterocycles. The molecule has 0 saturated heterocycles. The van der Waals surface area contributed by atoms with Crippen LogP contribution in [-0.2, 0) is 14.3 Å². The molecule has 0 aliphatic carbocycles. The number of rotatable bonds is 17. The summed E-state index contributed by atoms with van der Waals surface area (Å²) >= 11 is 0. The van der Waals surface area contributed by atoms with Crippen LogP contribution in [0.15, 0.2) is 0 Å². The first-order chi connectivity index (χ1) is 12.2. The second-order valence-electron chi connectivity index (χ2n) is 7.50. The molecule has 0 unspecified atom stereocenters. The number of unbranched alkanes of at least 4 members (excludes halogenated alkanes) is 12. The Labute approximate surface area is 158 Å². The second kappa shape index (κ2) is 14.7. The first-order valence-electron chi connectivity index (χ1n) is 10.1. The lowest BCUT2D eigenvalue weighted by atomic mass is 10.0. The van der Waals surface area contributed by atoms with E-state index in [1.807, 2.05) is 0 Å². The summed E-state index contributed by atoms with van der Waals surface area (Å²) in [5.41, 5.74) is -5.32. The lowest BCUT2D eigenvalue weighted by Crippen LogP contribution is -2.25. The van der Waals surface area contributed by atoms with E-state index < -0.39 is 15.6 Å². The molecule has 0 aromatic carbocycles. The quantitative estimate of drug-likeness (QED) is 0.150. The Morgan fingerprint density at radius 1 is 0.692 bits per heavy atom. The van der Waals surface area contributed by atoms with E-state index in [4.69, 9.17) is 0 Å². The van der Waals surface area contributed by atoms with Crippen molar-refractivity contribution >= 4 is 10.1 Å². The minimum Gasteiger partial charge on any atom is -0.263 e. The molecule has 3 nitrogen and oxygen atoms in total. The van der Waals surface area contributed by atoms with Crippen molar-refractivity contribution in [1.29, 1.82) is 0 Å². The molecule has 0 saturated carbocycles. The molecule has 0 rings (SSSR count). The minimum atomic E-state index is -5.42. The highest BCUT2D eigenvalue weighted by atomic mass is 32.2. The largest absolute Gasteiger partial charge is 0.523 e. The Hall–Kier alpha value is -0.300. The van der Waals surface area contributed by atoms with E-state index in [1.54, 1.807) is 0 Å². The average molecular weight is 403 g/mol. The van der Waals surface area contributed by atoms with E-state index >= 15 is 0 Å². The van der Waals surface area contributed by atoms with Crippen LogP contribution in [0.4, 0.5) is 13.2 Å². The van der Waals surface area contributed by atoms with Gasteiger partial charge in [-0.1, -0.05) is 97.3 Å². The van der Waals surface area contributed by atoms with Crippen LogP contribution in [0, 0.1) is 5.92 Å². The fraction of sp³-hybridized carbons (Fsp3) is 1.00. The van der Waals surface area contributed by atoms with Crippen LogP contribution in [0.25, 0.3) is 0 Å². The van der Waals surface area contributed by atoms with Crippen molar-refractivity contribution < 1.29 is 25.8 Å². The lowest BCUT2D eigenvalue weighted by molar-refractivity contribution is -0.0542. The van der Waals surface area contributed by atoms with Crippen molar-refractivity contribution in [3.05, 3.63) is 0 Å². The third-order valence-electron chi connectivity index (χ3n) is 4.45. The molecule has 158 valence electrons. The van der Waals surface area contributed by atoms with Gasteiger partial charge < -0.3 is 0 Å². The summed E-state index contributed by atoms with van der Waals surface area (Å²) < 4.78 is 61.4. The van der Waals surface area contributed by atoms with E-state index in [0.29, 0.717) is 12.8 Å². The van der Waals surface area contributed by atoms with Gasteiger partial charge in [0.15, 0.2) is 0 Å². The van der Waals surface area contributed by atoms with Crippen LogP contribution < -0.4 is 0 Å². The first kappa shape index (κ1) is 25.7. The molecule has 0 bridgehead atoms. The van der Waals surface area contributed by atoms with Crippen molar-refractivity contribution in [1.82, 2.24) is 0 Å². The maximum absolute atomic E-state index is 12.0. The summed E-state index contributed by atoms with van der Waals surface area (Å²) in [5.74, 6) is 0.815. The van der Waals surface area contributed by atoms with Gasteiger partial charge in [-0.25, -0.2) is 0 Å². The Morgan fingerprint density at radius 2 is 1.04 bits per heavy atom. The molecule has 0 N–H and O–H groups in total. The van der Waals surface area contributed by atoms with Crippen LogP contribution >= 0.6 is 0 Å². The Morgan fingerprint density at radius 3 is 1.38 bits per heavy atom. The van der Waals surface area contributed by atoms with Gasteiger partial charge in [0.05, 0.1) is 6.61 Å². The molecular weight excluding hydrogens is 365 g/mol. The van der Waals surface area contributed by atoms with Crippen molar-refractivity contribution in [3.63, 3.8) is 0 Å². The monoisotopic (exact) mass is 402 g/mol. The third kappa shape index (κ3) is 14.8. The zero-order valence-electron chi connectivity index (χ0n) is 16.5. The SMILES string of the molecule is CC(C)CCCCCCCCCCCCCCCOS(=O)(=O)C(F)(F)F. The van der Waals surface area contributed by atoms with Gasteiger partial charge >= 0.3 is 15.6 Å². The minimum absolute atomic E-state index is 0.339. The molecule has 0 aromatic rings. The van der Waals surface area contributed by atoms with Gasteiger partial charge in [-0.2, -0.15) is 21.6 Å². The third-order valence-corrected chi connectivity index (χ3v) is 5.49. The van der Waals surface area contributed by atoms with Gasteiger partial charge in [-0.05, 0) is 12.3 Å². The fourth-order valence-corrected chi connectivity index (χ4v) is 3.31. The highest BCUT2D eigenvalue weighted by molar-refractivity contribution is 7.87. The zero-order chi connectivity index (χ0) is 19.9. The smallest absolute Gasteiger partial charge is 0.263 e. The predicted molar refractivity (Wildman–Crippen MR) is 100 cm³/mol. The Bertz CT molecular complexity index is 420. The van der Waals surface area contributed by atoms with Gasteiger partial charge in [0.2, 0.25) is 0 Å². The average Bonchev–Trinajstić information content (AvgIpc) is 2.53. The number of alkyl halides is 3. The predicted octanol–water partition coefficient (Wildman–Crippen LogP) is 6.97. The molecule has 0 radical (unpaired) electrons. The van der Waals surface area contributed by atoms with E-state index in [-0.39, 0.29) is 6.61 Å². The summed E-state index contributed by atoms with van der Waals surface area (Å²) in [5, 5.41) is 0. The Kier molecular flexibility index (Phi) is 14.6. The van der Waals surface area contributed by atoms with Crippen LogP contribution in [0.3, 0.4) is 0 Å². The highest BCUT2D eigenvalue weighted by Gasteiger charge is 2.47. The van der Waals surface area contributed by atoms with Crippen molar-refractivity contribution in [2.24, 2.45) is 5.92 Å². The fourth-order valence-electron chi connectivity index (χ4n) is 2.83. The molecule has 0 aliphatic heterocycles. The topological polar surface area (TPSA) is 43.4 Å². The van der Waals surface area contributed by atoms with Crippen LogP contribution in [0.2, 0.25) is 0 Å². The maximum Gasteiger partial charge on any atom is 0.523 e.